The molecule has 1 amide bonds. The van der Waals surface area contributed by atoms with Crippen molar-refractivity contribution in [1.29, 1.82) is 5.26 Å². The number of nitriles is 1. The lowest BCUT2D eigenvalue weighted by Crippen LogP contribution is -2.17. The first-order valence-electron chi connectivity index (χ1n) is 9.80. The van der Waals surface area contributed by atoms with E-state index in [1.165, 1.54) is 6.07 Å². The highest BCUT2D eigenvalue weighted by Gasteiger charge is 2.24. The number of halogens is 1. The molecule has 31 heavy (non-hydrogen) atoms. The van der Waals surface area contributed by atoms with Gasteiger partial charge in [0.15, 0.2) is 0 Å². The molecule has 0 saturated heterocycles. The molecule has 5 heteroatoms. The van der Waals surface area contributed by atoms with Crippen molar-refractivity contribution in [2.24, 2.45) is 0 Å². The summed E-state index contributed by atoms with van der Waals surface area (Å²) in [7, 11) is 0. The molecule has 4 nitrogen and oxygen atoms in total. The van der Waals surface area contributed by atoms with Crippen molar-refractivity contribution in [1.82, 2.24) is 0 Å². The van der Waals surface area contributed by atoms with E-state index in [1.54, 1.807) is 18.2 Å². The summed E-state index contributed by atoms with van der Waals surface area (Å²) < 4.78 is 0. The molecule has 0 atom stereocenters. The smallest absolute Gasteiger partial charge is 0.259 e. The summed E-state index contributed by atoms with van der Waals surface area (Å²) in [6.45, 7) is 5.93. The average molecular weight is 431 g/mol. The first-order valence-corrected chi connectivity index (χ1v) is 10.2. The maximum atomic E-state index is 13.0. The first-order chi connectivity index (χ1) is 14.7. The number of phenols is 1. The van der Waals surface area contributed by atoms with E-state index in [2.05, 4.69) is 5.32 Å². The van der Waals surface area contributed by atoms with Crippen molar-refractivity contribution in [3.63, 3.8) is 0 Å². The van der Waals surface area contributed by atoms with Crippen molar-refractivity contribution >= 4 is 35.3 Å². The number of phenolic OH excluding ortho intramolecular Hbond substituents is 1. The van der Waals surface area contributed by atoms with Crippen LogP contribution in [0.5, 0.6) is 5.75 Å². The van der Waals surface area contributed by atoms with E-state index >= 15 is 0 Å². The summed E-state index contributed by atoms with van der Waals surface area (Å²) >= 11 is 6.19. The predicted octanol–water partition coefficient (Wildman–Crippen LogP) is 6.64. The van der Waals surface area contributed by atoms with Crippen LogP contribution in [-0.4, -0.2) is 11.0 Å². The molecule has 3 rings (SSSR count). The van der Waals surface area contributed by atoms with E-state index in [9.17, 15) is 9.90 Å². The maximum absolute atomic E-state index is 13.0. The number of nitrogens with one attached hydrogen (secondary N) is 1. The van der Waals surface area contributed by atoms with Gasteiger partial charge in [0.05, 0.1) is 27.9 Å². The van der Waals surface area contributed by atoms with Crippen LogP contribution in [0.3, 0.4) is 0 Å². The fourth-order valence-corrected chi connectivity index (χ4v) is 3.36. The van der Waals surface area contributed by atoms with Gasteiger partial charge in [-0.3, -0.25) is 4.79 Å². The van der Waals surface area contributed by atoms with Crippen molar-refractivity contribution in [3.8, 4) is 11.8 Å². The van der Waals surface area contributed by atoms with E-state index in [4.69, 9.17) is 16.9 Å². The van der Waals surface area contributed by atoms with Gasteiger partial charge in [-0.05, 0) is 46.9 Å². The Morgan fingerprint density at radius 2 is 1.71 bits per heavy atom. The van der Waals surface area contributed by atoms with Crippen LogP contribution in [0, 0.1) is 11.3 Å². The largest absolute Gasteiger partial charge is 0.507 e. The minimum Gasteiger partial charge on any atom is -0.507 e. The molecule has 0 spiro atoms. The number of carbonyl (C=O) groups is 1. The Morgan fingerprint density at radius 3 is 2.32 bits per heavy atom. The molecule has 0 aliphatic carbocycles. The lowest BCUT2D eigenvalue weighted by molar-refractivity contribution is 0.102. The van der Waals surface area contributed by atoms with Gasteiger partial charge in [-0.1, -0.05) is 74.9 Å². The Balaban J connectivity index is 2.01. The highest BCUT2D eigenvalue weighted by Crippen LogP contribution is 2.36. The summed E-state index contributed by atoms with van der Waals surface area (Å²) in [6, 6.07) is 20.0. The van der Waals surface area contributed by atoms with Gasteiger partial charge in [-0.15, -0.1) is 0 Å². The van der Waals surface area contributed by atoms with Crippen LogP contribution in [0.2, 0.25) is 5.02 Å². The number of hydrogen-bond donors (Lipinski definition) is 2. The van der Waals surface area contributed by atoms with Crippen LogP contribution in [-0.2, 0) is 5.41 Å². The second-order valence-electron chi connectivity index (χ2n) is 8.22. The van der Waals surface area contributed by atoms with Crippen LogP contribution in [0.25, 0.3) is 12.2 Å². The Morgan fingerprint density at radius 1 is 1.03 bits per heavy atom. The van der Waals surface area contributed by atoms with Gasteiger partial charge >= 0.3 is 0 Å². The maximum Gasteiger partial charge on any atom is 0.259 e. The topological polar surface area (TPSA) is 73.1 Å². The summed E-state index contributed by atoms with van der Waals surface area (Å²) in [5, 5.41) is 22.8. The summed E-state index contributed by atoms with van der Waals surface area (Å²) in [5.41, 5.74) is 3.04. The molecule has 3 aromatic rings. The van der Waals surface area contributed by atoms with Crippen molar-refractivity contribution < 1.29 is 9.90 Å². The van der Waals surface area contributed by atoms with E-state index in [0.29, 0.717) is 16.8 Å². The van der Waals surface area contributed by atoms with Gasteiger partial charge in [-0.25, -0.2) is 0 Å². The van der Waals surface area contributed by atoms with Crippen LogP contribution in [0.15, 0.2) is 60.7 Å². The second kappa shape index (κ2) is 9.07. The van der Waals surface area contributed by atoms with Gasteiger partial charge in [-0.2, -0.15) is 5.26 Å². The molecule has 0 unspecified atom stereocenters. The normalized spacial score (nSPS) is 11.3. The molecule has 0 aromatic heterocycles. The molecule has 0 saturated carbocycles. The highest BCUT2D eigenvalue weighted by atomic mass is 35.5. The molecule has 2 N–H and O–H groups in total. The van der Waals surface area contributed by atoms with Crippen LogP contribution < -0.4 is 5.32 Å². The molecule has 0 fully saturated rings. The van der Waals surface area contributed by atoms with Gasteiger partial charge in [0, 0.05) is 5.56 Å². The fraction of sp³-hybridized carbons (Fsp3) is 0.154. The number of nitrogens with zero attached hydrogens (tertiary/aromatic N) is 1. The molecular weight excluding hydrogens is 408 g/mol. The molecular formula is C26H23ClN2O2. The lowest BCUT2D eigenvalue weighted by Gasteiger charge is -2.23. The standard InChI is InChI=1S/C26H23ClN2O2/c1-26(2,3)21-14-18(10-9-17-7-5-4-6-8-17)13-20(24(21)30)25(31)29-23-12-11-19(16-28)15-22(23)27/h4-15,30H,1-3H3,(H,29,31)/b10-9+. The van der Waals surface area contributed by atoms with E-state index in [0.717, 1.165) is 11.1 Å². The van der Waals surface area contributed by atoms with Crippen LogP contribution >= 0.6 is 11.6 Å². The van der Waals surface area contributed by atoms with E-state index < -0.39 is 5.91 Å². The van der Waals surface area contributed by atoms with Crippen LogP contribution in [0.1, 0.15) is 53.4 Å². The molecule has 156 valence electrons. The average Bonchev–Trinajstić information content (AvgIpc) is 2.74. The Hall–Kier alpha value is -3.55. The number of hydrogen-bond acceptors (Lipinski definition) is 3. The van der Waals surface area contributed by atoms with Crippen molar-refractivity contribution in [2.45, 2.75) is 26.2 Å². The van der Waals surface area contributed by atoms with Crippen molar-refractivity contribution in [2.75, 3.05) is 5.32 Å². The summed E-state index contributed by atoms with van der Waals surface area (Å²) in [5.74, 6) is -0.545. The summed E-state index contributed by atoms with van der Waals surface area (Å²) in [4.78, 5) is 13.0. The molecule has 0 bridgehead atoms. The zero-order chi connectivity index (χ0) is 22.6. The minimum absolute atomic E-state index is 0.0633. The molecule has 0 aliphatic heterocycles. The van der Waals surface area contributed by atoms with Gasteiger partial charge in [0.1, 0.15) is 5.75 Å². The second-order valence-corrected chi connectivity index (χ2v) is 8.63. The number of anilines is 1. The molecule has 0 radical (unpaired) electrons. The zero-order valence-corrected chi connectivity index (χ0v) is 18.4. The number of rotatable bonds is 4. The molecule has 0 heterocycles. The third-order valence-corrected chi connectivity index (χ3v) is 5.11. The number of carbonyl (C=O) groups excluding carboxylic acids is 1. The first kappa shape index (κ1) is 22.1. The Kier molecular flexibility index (Phi) is 6.48. The zero-order valence-electron chi connectivity index (χ0n) is 17.6. The number of amides is 1. The Labute approximate surface area is 187 Å². The summed E-state index contributed by atoms with van der Waals surface area (Å²) in [6.07, 6.45) is 3.87. The highest BCUT2D eigenvalue weighted by molar-refractivity contribution is 6.34. The number of aromatic hydroxyl groups is 1. The minimum atomic E-state index is -0.482. The molecule has 0 aliphatic rings. The van der Waals surface area contributed by atoms with E-state index in [-0.39, 0.29) is 21.8 Å². The van der Waals surface area contributed by atoms with Crippen molar-refractivity contribution in [3.05, 3.63) is 93.5 Å². The molecule has 3 aromatic carbocycles. The SMILES string of the molecule is CC(C)(C)c1cc(/C=C/c2ccccc2)cc(C(=O)Nc2ccc(C#N)cc2Cl)c1O. The van der Waals surface area contributed by atoms with Gasteiger partial charge in [0.25, 0.3) is 5.91 Å². The lowest BCUT2D eigenvalue weighted by atomic mass is 9.83. The third-order valence-electron chi connectivity index (χ3n) is 4.80. The van der Waals surface area contributed by atoms with E-state index in [1.807, 2.05) is 75.4 Å². The number of benzene rings is 3. The van der Waals surface area contributed by atoms with Gasteiger partial charge in [0.2, 0.25) is 0 Å². The van der Waals surface area contributed by atoms with Gasteiger partial charge < -0.3 is 10.4 Å². The predicted molar refractivity (Wildman–Crippen MR) is 126 cm³/mol. The quantitative estimate of drug-likeness (QED) is 0.456. The van der Waals surface area contributed by atoms with Crippen LogP contribution in [0.4, 0.5) is 5.69 Å². The Bertz CT molecular complexity index is 1190. The third kappa shape index (κ3) is 5.33. The fourth-order valence-electron chi connectivity index (χ4n) is 3.13. The monoisotopic (exact) mass is 430 g/mol.